The maximum atomic E-state index is 9.42. The van der Waals surface area contributed by atoms with Crippen molar-refractivity contribution < 1.29 is 9.84 Å². The summed E-state index contributed by atoms with van der Waals surface area (Å²) in [7, 11) is 1.56. The summed E-state index contributed by atoms with van der Waals surface area (Å²) < 4.78 is 4.99. The van der Waals surface area contributed by atoms with Crippen molar-refractivity contribution >= 4 is 0 Å². The standard InChI is InChI=1S/C9H11NO2/c1-12-9-3-7-5-10-4-6(7)2-8(9)11/h2-3,10-11H,4-5H2,1H3. The Bertz CT molecular complexity index is 309. The summed E-state index contributed by atoms with van der Waals surface area (Å²) in [5.41, 5.74) is 2.37. The number of phenolic OH excluding ortho intramolecular Hbond substituents is 1. The Hall–Kier alpha value is -1.22. The van der Waals surface area contributed by atoms with Gasteiger partial charge in [-0.15, -0.1) is 0 Å². The third-order valence-corrected chi connectivity index (χ3v) is 2.13. The van der Waals surface area contributed by atoms with Gasteiger partial charge in [0, 0.05) is 13.1 Å². The molecule has 1 heterocycles. The lowest BCUT2D eigenvalue weighted by Gasteiger charge is -2.05. The number of fused-ring (bicyclic) bond motifs is 1. The molecule has 0 atom stereocenters. The van der Waals surface area contributed by atoms with Crippen molar-refractivity contribution in [2.24, 2.45) is 0 Å². The number of hydrogen-bond donors (Lipinski definition) is 2. The Morgan fingerprint density at radius 1 is 1.33 bits per heavy atom. The number of phenols is 1. The molecule has 0 radical (unpaired) electrons. The van der Waals surface area contributed by atoms with Crippen LogP contribution in [0.2, 0.25) is 0 Å². The second kappa shape index (κ2) is 2.68. The van der Waals surface area contributed by atoms with E-state index in [-0.39, 0.29) is 5.75 Å². The van der Waals surface area contributed by atoms with E-state index in [0.29, 0.717) is 5.75 Å². The van der Waals surface area contributed by atoms with Crippen LogP contribution in [0, 0.1) is 0 Å². The van der Waals surface area contributed by atoms with Crippen LogP contribution in [-0.2, 0) is 13.1 Å². The first kappa shape index (κ1) is 7.43. The fraction of sp³-hybridized carbons (Fsp3) is 0.333. The molecule has 12 heavy (non-hydrogen) atoms. The number of benzene rings is 1. The summed E-state index contributed by atoms with van der Waals surface area (Å²) in [6.07, 6.45) is 0. The van der Waals surface area contributed by atoms with E-state index in [1.165, 1.54) is 5.56 Å². The Balaban J connectivity index is 2.49. The minimum atomic E-state index is 0.222. The van der Waals surface area contributed by atoms with Gasteiger partial charge in [0.05, 0.1) is 7.11 Å². The predicted octanol–water partition coefficient (Wildman–Crippen LogP) is 1.00. The van der Waals surface area contributed by atoms with Crippen molar-refractivity contribution in [3.8, 4) is 11.5 Å². The van der Waals surface area contributed by atoms with Gasteiger partial charge in [-0.1, -0.05) is 0 Å². The SMILES string of the molecule is COc1cc2c(cc1O)CNC2. The van der Waals surface area contributed by atoms with Crippen LogP contribution < -0.4 is 10.1 Å². The highest BCUT2D eigenvalue weighted by atomic mass is 16.5. The van der Waals surface area contributed by atoms with E-state index in [2.05, 4.69) is 5.32 Å². The zero-order valence-corrected chi connectivity index (χ0v) is 6.92. The van der Waals surface area contributed by atoms with Crippen LogP contribution in [0.3, 0.4) is 0 Å². The largest absolute Gasteiger partial charge is 0.504 e. The van der Waals surface area contributed by atoms with Gasteiger partial charge in [0.2, 0.25) is 0 Å². The molecule has 0 spiro atoms. The topological polar surface area (TPSA) is 41.5 Å². The molecule has 64 valence electrons. The van der Waals surface area contributed by atoms with Gasteiger partial charge in [0.1, 0.15) is 0 Å². The van der Waals surface area contributed by atoms with Crippen molar-refractivity contribution in [1.29, 1.82) is 0 Å². The Morgan fingerprint density at radius 3 is 2.67 bits per heavy atom. The molecule has 0 aliphatic carbocycles. The van der Waals surface area contributed by atoms with E-state index in [9.17, 15) is 5.11 Å². The smallest absolute Gasteiger partial charge is 0.160 e. The maximum absolute atomic E-state index is 9.42. The second-order valence-electron chi connectivity index (χ2n) is 2.90. The van der Waals surface area contributed by atoms with Crippen molar-refractivity contribution in [2.75, 3.05) is 7.11 Å². The third kappa shape index (κ3) is 1.02. The van der Waals surface area contributed by atoms with Gasteiger partial charge < -0.3 is 15.2 Å². The fourth-order valence-corrected chi connectivity index (χ4v) is 1.48. The maximum Gasteiger partial charge on any atom is 0.160 e. The van der Waals surface area contributed by atoms with E-state index in [1.807, 2.05) is 6.07 Å². The zero-order chi connectivity index (χ0) is 8.55. The van der Waals surface area contributed by atoms with Crippen molar-refractivity contribution in [1.82, 2.24) is 5.32 Å². The summed E-state index contributed by atoms with van der Waals surface area (Å²) in [5.74, 6) is 0.775. The van der Waals surface area contributed by atoms with Crippen LogP contribution in [0.1, 0.15) is 11.1 Å². The average molecular weight is 165 g/mol. The molecule has 2 rings (SSSR count). The van der Waals surface area contributed by atoms with Crippen LogP contribution in [-0.4, -0.2) is 12.2 Å². The summed E-state index contributed by atoms with van der Waals surface area (Å²) in [4.78, 5) is 0. The minimum absolute atomic E-state index is 0.222. The van der Waals surface area contributed by atoms with E-state index in [4.69, 9.17) is 4.74 Å². The number of methoxy groups -OCH3 is 1. The highest BCUT2D eigenvalue weighted by Gasteiger charge is 2.13. The van der Waals surface area contributed by atoms with Gasteiger partial charge in [0.15, 0.2) is 11.5 Å². The summed E-state index contributed by atoms with van der Waals surface area (Å²) >= 11 is 0. The molecule has 0 unspecified atom stereocenters. The number of hydrogen-bond acceptors (Lipinski definition) is 3. The zero-order valence-electron chi connectivity index (χ0n) is 6.92. The Labute approximate surface area is 71.0 Å². The lowest BCUT2D eigenvalue weighted by molar-refractivity contribution is 0.373. The van der Waals surface area contributed by atoms with Crippen molar-refractivity contribution in [3.05, 3.63) is 23.3 Å². The van der Waals surface area contributed by atoms with Crippen molar-refractivity contribution in [3.63, 3.8) is 0 Å². The molecule has 0 bridgehead atoms. The molecule has 3 heteroatoms. The Kier molecular flexibility index (Phi) is 1.66. The number of ether oxygens (including phenoxy) is 1. The molecule has 3 nitrogen and oxygen atoms in total. The molecule has 0 aromatic heterocycles. The molecular weight excluding hydrogens is 154 g/mol. The fourth-order valence-electron chi connectivity index (χ4n) is 1.48. The first-order valence-electron chi connectivity index (χ1n) is 3.90. The number of nitrogens with one attached hydrogen (secondary N) is 1. The number of aromatic hydroxyl groups is 1. The highest BCUT2D eigenvalue weighted by Crippen LogP contribution is 2.31. The van der Waals surface area contributed by atoms with Gasteiger partial charge in [-0.2, -0.15) is 0 Å². The highest BCUT2D eigenvalue weighted by molar-refractivity contribution is 5.47. The Morgan fingerprint density at radius 2 is 2.00 bits per heavy atom. The monoisotopic (exact) mass is 165 g/mol. The molecule has 1 aromatic rings. The molecular formula is C9H11NO2. The predicted molar refractivity (Wildman–Crippen MR) is 45.2 cm³/mol. The van der Waals surface area contributed by atoms with E-state index in [0.717, 1.165) is 18.7 Å². The van der Waals surface area contributed by atoms with Gasteiger partial charge in [-0.05, 0) is 23.3 Å². The quantitative estimate of drug-likeness (QED) is 0.652. The molecule has 2 N–H and O–H groups in total. The first-order valence-corrected chi connectivity index (χ1v) is 3.90. The minimum Gasteiger partial charge on any atom is -0.504 e. The average Bonchev–Trinajstić information content (AvgIpc) is 2.49. The molecule has 1 aromatic carbocycles. The molecule has 0 saturated heterocycles. The lowest BCUT2D eigenvalue weighted by atomic mass is 10.1. The van der Waals surface area contributed by atoms with Crippen molar-refractivity contribution in [2.45, 2.75) is 13.1 Å². The van der Waals surface area contributed by atoms with E-state index >= 15 is 0 Å². The van der Waals surface area contributed by atoms with Gasteiger partial charge in [-0.3, -0.25) is 0 Å². The molecule has 0 saturated carbocycles. The summed E-state index contributed by atoms with van der Waals surface area (Å²) in [6.45, 7) is 1.71. The summed E-state index contributed by atoms with van der Waals surface area (Å²) in [5, 5.41) is 12.6. The van der Waals surface area contributed by atoms with E-state index in [1.54, 1.807) is 13.2 Å². The van der Waals surface area contributed by atoms with Crippen LogP contribution in [0.4, 0.5) is 0 Å². The normalized spacial score (nSPS) is 14.4. The van der Waals surface area contributed by atoms with Crippen LogP contribution >= 0.6 is 0 Å². The second-order valence-corrected chi connectivity index (χ2v) is 2.90. The molecule has 0 fully saturated rings. The van der Waals surface area contributed by atoms with Crippen LogP contribution in [0.15, 0.2) is 12.1 Å². The van der Waals surface area contributed by atoms with Crippen LogP contribution in [0.25, 0.3) is 0 Å². The first-order chi connectivity index (χ1) is 5.81. The number of rotatable bonds is 1. The third-order valence-electron chi connectivity index (χ3n) is 2.13. The lowest BCUT2D eigenvalue weighted by Crippen LogP contribution is -1.99. The van der Waals surface area contributed by atoms with Gasteiger partial charge in [0.25, 0.3) is 0 Å². The molecule has 1 aliphatic heterocycles. The summed E-state index contributed by atoms with van der Waals surface area (Å²) in [6, 6.07) is 3.64. The van der Waals surface area contributed by atoms with E-state index < -0.39 is 0 Å². The molecule has 1 aliphatic rings. The van der Waals surface area contributed by atoms with Gasteiger partial charge >= 0.3 is 0 Å². The van der Waals surface area contributed by atoms with Crippen LogP contribution in [0.5, 0.6) is 11.5 Å². The van der Waals surface area contributed by atoms with Gasteiger partial charge in [-0.25, -0.2) is 0 Å². The molecule has 0 amide bonds.